The van der Waals surface area contributed by atoms with Crippen molar-refractivity contribution in [1.82, 2.24) is 5.32 Å². The standard InChI is InChI=1S/C19H23N3O4/c1-20-19(24)14-6-8-15(9-7-14)22-18(23)13-21-16-4-3-5-17(12-16)26-11-10-25-2/h3-9,12,21H,10-11,13H2,1-2H3,(H,20,24)(H,22,23). The van der Waals surface area contributed by atoms with E-state index in [1.807, 2.05) is 24.3 Å². The SMILES string of the molecule is CNC(=O)c1ccc(NC(=O)CNc2cccc(OCCOC)c2)cc1. The minimum absolute atomic E-state index is 0.110. The van der Waals surface area contributed by atoms with Gasteiger partial charge in [-0.05, 0) is 36.4 Å². The average Bonchev–Trinajstić information content (AvgIpc) is 2.67. The minimum atomic E-state index is -0.191. The topological polar surface area (TPSA) is 88.7 Å². The highest BCUT2D eigenvalue weighted by molar-refractivity contribution is 5.96. The molecular weight excluding hydrogens is 334 g/mol. The Morgan fingerprint density at radius 3 is 2.46 bits per heavy atom. The second-order valence-corrected chi connectivity index (χ2v) is 5.43. The van der Waals surface area contributed by atoms with Crippen molar-refractivity contribution in [2.75, 3.05) is 44.5 Å². The molecule has 0 bridgehead atoms. The van der Waals surface area contributed by atoms with Crippen molar-refractivity contribution >= 4 is 23.2 Å². The number of benzene rings is 2. The fourth-order valence-electron chi connectivity index (χ4n) is 2.18. The molecule has 2 amide bonds. The molecule has 0 aliphatic heterocycles. The molecule has 2 aromatic carbocycles. The maximum atomic E-state index is 12.1. The minimum Gasteiger partial charge on any atom is -0.491 e. The van der Waals surface area contributed by atoms with Gasteiger partial charge in [-0.2, -0.15) is 0 Å². The van der Waals surface area contributed by atoms with Crippen molar-refractivity contribution in [2.24, 2.45) is 0 Å². The zero-order valence-electron chi connectivity index (χ0n) is 14.9. The maximum Gasteiger partial charge on any atom is 0.251 e. The molecule has 2 aromatic rings. The third kappa shape index (κ3) is 6.10. The van der Waals surface area contributed by atoms with Crippen LogP contribution in [0.4, 0.5) is 11.4 Å². The Labute approximate surface area is 152 Å². The first-order valence-electron chi connectivity index (χ1n) is 8.20. The molecule has 0 spiro atoms. The van der Waals surface area contributed by atoms with E-state index in [0.717, 1.165) is 5.69 Å². The molecule has 0 aliphatic rings. The Hall–Kier alpha value is -3.06. The average molecular weight is 357 g/mol. The highest BCUT2D eigenvalue weighted by atomic mass is 16.5. The fraction of sp³-hybridized carbons (Fsp3) is 0.263. The van der Waals surface area contributed by atoms with Gasteiger partial charge in [0.05, 0.1) is 13.2 Å². The van der Waals surface area contributed by atoms with Crippen molar-refractivity contribution < 1.29 is 19.1 Å². The summed E-state index contributed by atoms with van der Waals surface area (Å²) in [6.45, 7) is 1.09. The normalized spacial score (nSPS) is 10.1. The molecule has 0 heterocycles. The molecule has 7 heteroatoms. The van der Waals surface area contributed by atoms with Crippen molar-refractivity contribution in [1.29, 1.82) is 0 Å². The molecule has 0 unspecified atom stereocenters. The van der Waals surface area contributed by atoms with Crippen LogP contribution in [0.1, 0.15) is 10.4 Å². The van der Waals surface area contributed by atoms with Gasteiger partial charge in [-0.15, -0.1) is 0 Å². The lowest BCUT2D eigenvalue weighted by atomic mass is 10.2. The summed E-state index contributed by atoms with van der Waals surface area (Å²) >= 11 is 0. The lowest BCUT2D eigenvalue weighted by molar-refractivity contribution is -0.114. The monoisotopic (exact) mass is 357 g/mol. The number of carbonyl (C=O) groups is 2. The Morgan fingerprint density at radius 1 is 1.00 bits per heavy atom. The van der Waals surface area contributed by atoms with Crippen LogP contribution in [0.2, 0.25) is 0 Å². The van der Waals surface area contributed by atoms with E-state index in [1.165, 1.54) is 0 Å². The van der Waals surface area contributed by atoms with Gasteiger partial charge < -0.3 is 25.4 Å². The quantitative estimate of drug-likeness (QED) is 0.598. The summed E-state index contributed by atoms with van der Waals surface area (Å²) < 4.78 is 10.5. The number of rotatable bonds is 9. The van der Waals surface area contributed by atoms with Gasteiger partial charge in [0, 0.05) is 37.2 Å². The van der Waals surface area contributed by atoms with Crippen LogP contribution in [-0.2, 0) is 9.53 Å². The Bertz CT molecular complexity index is 732. The van der Waals surface area contributed by atoms with Crippen LogP contribution in [0.15, 0.2) is 48.5 Å². The Balaban J connectivity index is 1.83. The van der Waals surface area contributed by atoms with Crippen molar-refractivity contribution in [3.05, 3.63) is 54.1 Å². The van der Waals surface area contributed by atoms with Gasteiger partial charge in [-0.1, -0.05) is 6.07 Å². The summed E-state index contributed by atoms with van der Waals surface area (Å²) in [4.78, 5) is 23.5. The van der Waals surface area contributed by atoms with Crippen LogP contribution in [-0.4, -0.2) is 45.7 Å². The van der Waals surface area contributed by atoms with Gasteiger partial charge in [0.2, 0.25) is 5.91 Å². The zero-order valence-corrected chi connectivity index (χ0v) is 14.9. The highest BCUT2D eigenvalue weighted by Crippen LogP contribution is 2.17. The second-order valence-electron chi connectivity index (χ2n) is 5.43. The summed E-state index contributed by atoms with van der Waals surface area (Å²) in [5, 5.41) is 8.37. The van der Waals surface area contributed by atoms with Gasteiger partial charge in [0.15, 0.2) is 0 Å². The first kappa shape index (κ1) is 19.3. The van der Waals surface area contributed by atoms with E-state index in [4.69, 9.17) is 9.47 Å². The number of hydrogen-bond acceptors (Lipinski definition) is 5. The number of methoxy groups -OCH3 is 1. The number of ether oxygens (including phenoxy) is 2. The van der Waals surface area contributed by atoms with Gasteiger partial charge in [0.25, 0.3) is 5.91 Å². The molecule has 138 valence electrons. The summed E-state index contributed by atoms with van der Waals surface area (Å²) in [6.07, 6.45) is 0. The smallest absolute Gasteiger partial charge is 0.251 e. The van der Waals surface area contributed by atoms with Crippen molar-refractivity contribution in [3.63, 3.8) is 0 Å². The molecule has 0 saturated heterocycles. The molecule has 0 atom stereocenters. The van der Waals surface area contributed by atoms with Crippen LogP contribution in [0.3, 0.4) is 0 Å². The molecule has 0 saturated carbocycles. The number of nitrogens with one attached hydrogen (secondary N) is 3. The molecule has 0 radical (unpaired) electrons. The van der Waals surface area contributed by atoms with E-state index in [1.54, 1.807) is 38.4 Å². The van der Waals surface area contributed by atoms with Crippen molar-refractivity contribution in [2.45, 2.75) is 0 Å². The van der Waals surface area contributed by atoms with Gasteiger partial charge in [-0.25, -0.2) is 0 Å². The third-order valence-corrected chi connectivity index (χ3v) is 3.50. The number of amides is 2. The van der Waals surface area contributed by atoms with Gasteiger partial charge in [0.1, 0.15) is 12.4 Å². The fourth-order valence-corrected chi connectivity index (χ4v) is 2.18. The van der Waals surface area contributed by atoms with Crippen LogP contribution < -0.4 is 20.7 Å². The molecule has 3 N–H and O–H groups in total. The molecule has 0 aliphatic carbocycles. The van der Waals surface area contributed by atoms with Crippen LogP contribution in [0, 0.1) is 0 Å². The van der Waals surface area contributed by atoms with Crippen molar-refractivity contribution in [3.8, 4) is 5.75 Å². The van der Waals surface area contributed by atoms with Crippen LogP contribution in [0.5, 0.6) is 5.75 Å². The van der Waals surface area contributed by atoms with Gasteiger partial charge >= 0.3 is 0 Å². The Kier molecular flexibility index (Phi) is 7.45. The van der Waals surface area contributed by atoms with Gasteiger partial charge in [-0.3, -0.25) is 9.59 Å². The summed E-state index contributed by atoms with van der Waals surface area (Å²) in [7, 11) is 3.19. The summed E-state index contributed by atoms with van der Waals surface area (Å²) in [5.74, 6) is 0.345. The van der Waals surface area contributed by atoms with E-state index in [2.05, 4.69) is 16.0 Å². The predicted octanol–water partition coefficient (Wildman–Crippen LogP) is 2.12. The molecule has 0 aromatic heterocycles. The molecule has 26 heavy (non-hydrogen) atoms. The maximum absolute atomic E-state index is 12.1. The summed E-state index contributed by atoms with van der Waals surface area (Å²) in [6, 6.07) is 14.1. The van der Waals surface area contributed by atoms with Crippen LogP contribution >= 0.6 is 0 Å². The first-order valence-corrected chi connectivity index (χ1v) is 8.20. The van der Waals surface area contributed by atoms with E-state index in [9.17, 15) is 9.59 Å². The molecule has 7 nitrogen and oxygen atoms in total. The number of hydrogen-bond donors (Lipinski definition) is 3. The lowest BCUT2D eigenvalue weighted by Gasteiger charge is -2.10. The van der Waals surface area contributed by atoms with E-state index in [-0.39, 0.29) is 18.4 Å². The van der Waals surface area contributed by atoms with Crippen LogP contribution in [0.25, 0.3) is 0 Å². The zero-order chi connectivity index (χ0) is 18.8. The lowest BCUT2D eigenvalue weighted by Crippen LogP contribution is -2.22. The van der Waals surface area contributed by atoms with E-state index in [0.29, 0.717) is 30.2 Å². The van der Waals surface area contributed by atoms with E-state index < -0.39 is 0 Å². The number of carbonyl (C=O) groups excluding carboxylic acids is 2. The highest BCUT2D eigenvalue weighted by Gasteiger charge is 2.05. The second kappa shape index (κ2) is 10.0. The summed E-state index contributed by atoms with van der Waals surface area (Å²) in [5.41, 5.74) is 1.94. The largest absolute Gasteiger partial charge is 0.491 e. The van der Waals surface area contributed by atoms with E-state index >= 15 is 0 Å². The molecule has 2 rings (SSSR count). The Morgan fingerprint density at radius 2 is 1.77 bits per heavy atom. The molecule has 0 fully saturated rings. The predicted molar refractivity (Wildman–Crippen MR) is 101 cm³/mol. The molecular formula is C19H23N3O4. The third-order valence-electron chi connectivity index (χ3n) is 3.50. The number of anilines is 2. The first-order chi connectivity index (χ1) is 12.6.